The molecule has 0 radical (unpaired) electrons. The Morgan fingerprint density at radius 2 is 1.90 bits per heavy atom. The number of amides is 1. The van der Waals surface area contributed by atoms with Gasteiger partial charge in [-0.2, -0.15) is 4.98 Å². The van der Waals surface area contributed by atoms with Gasteiger partial charge in [0.05, 0.1) is 0 Å². The quantitative estimate of drug-likeness (QED) is 0.926. The van der Waals surface area contributed by atoms with Crippen molar-refractivity contribution in [3.63, 3.8) is 0 Å². The second-order valence-electron chi connectivity index (χ2n) is 4.86. The van der Waals surface area contributed by atoms with Gasteiger partial charge in [0.1, 0.15) is 6.04 Å². The largest absolute Gasteiger partial charge is 0.348 e. The van der Waals surface area contributed by atoms with Crippen molar-refractivity contribution in [2.24, 2.45) is 0 Å². The van der Waals surface area contributed by atoms with Crippen LogP contribution in [0.15, 0.2) is 39.6 Å². The molecule has 6 heteroatoms. The predicted molar refractivity (Wildman–Crippen MR) is 85.5 cm³/mol. The van der Waals surface area contributed by atoms with E-state index < -0.39 is 11.7 Å². The van der Waals surface area contributed by atoms with E-state index in [4.69, 9.17) is 0 Å². The van der Waals surface area contributed by atoms with Crippen molar-refractivity contribution in [2.75, 3.05) is 5.32 Å². The van der Waals surface area contributed by atoms with Crippen molar-refractivity contribution in [1.29, 1.82) is 0 Å². The molecular weight excluding hydrogens is 334 g/mol. The summed E-state index contributed by atoms with van der Waals surface area (Å²) >= 11 is 3.34. The Labute approximate surface area is 131 Å². The van der Waals surface area contributed by atoms with Gasteiger partial charge < -0.3 is 5.32 Å². The van der Waals surface area contributed by atoms with E-state index in [9.17, 15) is 9.59 Å². The molecular formula is C15H16BrN3O2. The van der Waals surface area contributed by atoms with Crippen LogP contribution >= 0.6 is 15.9 Å². The van der Waals surface area contributed by atoms with Crippen LogP contribution in [0.1, 0.15) is 24.4 Å². The number of aromatic nitrogens is 2. The second-order valence-corrected chi connectivity index (χ2v) is 5.78. The van der Waals surface area contributed by atoms with Crippen LogP contribution in [0.5, 0.6) is 0 Å². The summed E-state index contributed by atoms with van der Waals surface area (Å²) in [4.78, 5) is 28.1. The minimum atomic E-state index is -0.630. The molecule has 0 aliphatic heterocycles. The van der Waals surface area contributed by atoms with E-state index in [1.165, 1.54) is 4.57 Å². The highest BCUT2D eigenvalue weighted by molar-refractivity contribution is 9.10. The van der Waals surface area contributed by atoms with Gasteiger partial charge in [0.15, 0.2) is 0 Å². The molecule has 0 unspecified atom stereocenters. The first-order valence-electron chi connectivity index (χ1n) is 6.51. The summed E-state index contributed by atoms with van der Waals surface area (Å²) in [6.07, 6.45) is 0. The number of hydrogen-bond acceptors (Lipinski definition) is 3. The fraction of sp³-hybridized carbons (Fsp3) is 0.267. The molecule has 0 aliphatic rings. The van der Waals surface area contributed by atoms with Crippen molar-refractivity contribution in [3.05, 3.63) is 56.7 Å². The lowest BCUT2D eigenvalue weighted by molar-refractivity contribution is -0.118. The topological polar surface area (TPSA) is 64.0 Å². The predicted octanol–water partition coefficient (Wildman–Crippen LogP) is 2.82. The fourth-order valence-electron chi connectivity index (χ4n) is 2.13. The van der Waals surface area contributed by atoms with Gasteiger partial charge >= 0.3 is 5.69 Å². The Kier molecular flexibility index (Phi) is 4.57. The maximum absolute atomic E-state index is 12.3. The lowest BCUT2D eigenvalue weighted by Crippen LogP contribution is -2.34. The Bertz CT molecular complexity index is 723. The van der Waals surface area contributed by atoms with Gasteiger partial charge in [0, 0.05) is 21.5 Å². The standard InChI is InChI=1S/C15H16BrN3O2/c1-9-8-10(2)19(15(21)17-9)11(3)14(20)18-13-6-4-12(16)5-7-13/h4-8,11H,1-3H3,(H,18,20)/t11-/m1/s1. The van der Waals surface area contributed by atoms with Crippen molar-refractivity contribution in [3.8, 4) is 0 Å². The second kappa shape index (κ2) is 6.22. The molecule has 2 aromatic rings. The zero-order valence-corrected chi connectivity index (χ0v) is 13.6. The molecule has 0 fully saturated rings. The van der Waals surface area contributed by atoms with Crippen LogP contribution in [0.2, 0.25) is 0 Å². The molecule has 0 spiro atoms. The highest BCUT2D eigenvalue weighted by Crippen LogP contribution is 2.16. The van der Waals surface area contributed by atoms with Gasteiger partial charge in [-0.1, -0.05) is 15.9 Å². The Hall–Kier alpha value is -1.95. The van der Waals surface area contributed by atoms with Crippen molar-refractivity contribution >= 4 is 27.5 Å². The lowest BCUT2D eigenvalue weighted by atomic mass is 10.2. The number of nitrogens with zero attached hydrogens (tertiary/aromatic N) is 2. The normalized spacial score (nSPS) is 12.0. The van der Waals surface area contributed by atoms with Crippen molar-refractivity contribution in [1.82, 2.24) is 9.55 Å². The van der Waals surface area contributed by atoms with E-state index in [0.29, 0.717) is 17.1 Å². The summed E-state index contributed by atoms with van der Waals surface area (Å²) in [7, 11) is 0. The number of benzene rings is 1. The number of aryl methyl sites for hydroxylation is 2. The average Bonchev–Trinajstić information content (AvgIpc) is 2.40. The third-order valence-electron chi connectivity index (χ3n) is 3.15. The SMILES string of the molecule is Cc1cc(C)n([C@H](C)C(=O)Nc2ccc(Br)cc2)c(=O)n1. The lowest BCUT2D eigenvalue weighted by Gasteiger charge is -2.17. The Balaban J connectivity index is 2.24. The van der Waals surface area contributed by atoms with Crippen LogP contribution in [-0.2, 0) is 4.79 Å². The highest BCUT2D eigenvalue weighted by Gasteiger charge is 2.18. The first kappa shape index (κ1) is 15.4. The van der Waals surface area contributed by atoms with Crippen molar-refractivity contribution in [2.45, 2.75) is 26.8 Å². The van der Waals surface area contributed by atoms with Gasteiger partial charge in [-0.25, -0.2) is 4.79 Å². The molecule has 0 saturated carbocycles. The first-order chi connectivity index (χ1) is 9.88. The summed E-state index contributed by atoms with van der Waals surface area (Å²) in [5.74, 6) is -0.256. The number of carbonyl (C=O) groups excluding carboxylic acids is 1. The van der Waals surface area contributed by atoms with Gasteiger partial charge in [-0.05, 0) is 51.1 Å². The molecule has 5 nitrogen and oxygen atoms in total. The van der Waals surface area contributed by atoms with Crippen LogP contribution in [0.4, 0.5) is 5.69 Å². The molecule has 1 heterocycles. The summed E-state index contributed by atoms with van der Waals surface area (Å²) in [6.45, 7) is 5.23. The summed E-state index contributed by atoms with van der Waals surface area (Å²) in [5, 5.41) is 2.79. The van der Waals surface area contributed by atoms with Crippen molar-refractivity contribution < 1.29 is 4.79 Å². The van der Waals surface area contributed by atoms with E-state index in [2.05, 4.69) is 26.2 Å². The summed E-state index contributed by atoms with van der Waals surface area (Å²) < 4.78 is 2.32. The Morgan fingerprint density at radius 1 is 1.29 bits per heavy atom. The summed E-state index contributed by atoms with van der Waals surface area (Å²) in [6, 6.07) is 8.41. The molecule has 0 aliphatic carbocycles. The minimum absolute atomic E-state index is 0.256. The number of carbonyl (C=O) groups is 1. The van der Waals surface area contributed by atoms with Crippen LogP contribution in [0.25, 0.3) is 0 Å². The zero-order valence-electron chi connectivity index (χ0n) is 12.1. The molecule has 1 atom stereocenters. The van der Waals surface area contributed by atoms with Gasteiger partial charge in [0.25, 0.3) is 0 Å². The number of rotatable bonds is 3. The van der Waals surface area contributed by atoms with Crippen LogP contribution < -0.4 is 11.0 Å². The third-order valence-corrected chi connectivity index (χ3v) is 3.68. The molecule has 1 aromatic heterocycles. The molecule has 110 valence electrons. The number of anilines is 1. The molecule has 1 amide bonds. The van der Waals surface area contributed by atoms with Crippen LogP contribution in [0.3, 0.4) is 0 Å². The number of nitrogens with one attached hydrogen (secondary N) is 1. The molecule has 1 aromatic carbocycles. The van der Waals surface area contributed by atoms with Crippen LogP contribution in [0, 0.1) is 13.8 Å². The smallest absolute Gasteiger partial charge is 0.324 e. The number of hydrogen-bond donors (Lipinski definition) is 1. The molecule has 0 saturated heterocycles. The van der Waals surface area contributed by atoms with Gasteiger partial charge in [-0.15, -0.1) is 0 Å². The van der Waals surface area contributed by atoms with E-state index in [-0.39, 0.29) is 5.91 Å². The van der Waals surface area contributed by atoms with E-state index in [1.54, 1.807) is 39.0 Å². The van der Waals surface area contributed by atoms with E-state index >= 15 is 0 Å². The minimum Gasteiger partial charge on any atom is -0.324 e. The first-order valence-corrected chi connectivity index (χ1v) is 7.31. The third kappa shape index (κ3) is 3.58. The highest BCUT2D eigenvalue weighted by atomic mass is 79.9. The molecule has 2 rings (SSSR count). The monoisotopic (exact) mass is 349 g/mol. The van der Waals surface area contributed by atoms with Gasteiger partial charge in [0.2, 0.25) is 5.91 Å². The van der Waals surface area contributed by atoms with E-state index in [0.717, 1.165) is 4.47 Å². The molecule has 21 heavy (non-hydrogen) atoms. The molecule has 1 N–H and O–H groups in total. The maximum Gasteiger partial charge on any atom is 0.348 e. The molecule has 0 bridgehead atoms. The average molecular weight is 350 g/mol. The maximum atomic E-state index is 12.3. The van der Waals surface area contributed by atoms with Crippen LogP contribution in [-0.4, -0.2) is 15.5 Å². The number of halogens is 1. The Morgan fingerprint density at radius 3 is 2.48 bits per heavy atom. The zero-order chi connectivity index (χ0) is 15.6. The van der Waals surface area contributed by atoms with Gasteiger partial charge in [-0.3, -0.25) is 9.36 Å². The fourth-order valence-corrected chi connectivity index (χ4v) is 2.39. The summed E-state index contributed by atoms with van der Waals surface area (Å²) in [5.41, 5.74) is 1.63. The van der Waals surface area contributed by atoms with E-state index in [1.807, 2.05) is 12.1 Å².